The monoisotopic (exact) mass is 344 g/mol. The minimum absolute atomic E-state index is 0.0197. The minimum atomic E-state index is -1.49. The molecule has 1 aromatic rings. The van der Waals surface area contributed by atoms with Crippen LogP contribution in [0.5, 0.6) is 5.75 Å². The van der Waals surface area contributed by atoms with Crippen LogP contribution in [0.1, 0.15) is 32.3 Å². The molecular weight excluding hydrogens is 320 g/mol. The van der Waals surface area contributed by atoms with Crippen LogP contribution in [0.25, 0.3) is 0 Å². The Morgan fingerprint density at radius 1 is 1.08 bits per heavy atom. The van der Waals surface area contributed by atoms with Gasteiger partial charge in [0.15, 0.2) is 5.41 Å². The van der Waals surface area contributed by atoms with Crippen LogP contribution in [0, 0.1) is 17.3 Å². The number of hydrogen-bond donors (Lipinski definition) is 0. The first-order chi connectivity index (χ1) is 11.9. The standard InChI is InChI=1S/C20H24O5/c1-15(2)12-14-20(18(21)24-4,19(22)25-5)13-8-10-16-9-6-7-11-17(16)23-3/h6-7,9,11-12H,13-14H2,1-5H3. The zero-order valence-electron chi connectivity index (χ0n) is 15.3. The van der Waals surface area contributed by atoms with Crippen LogP contribution >= 0.6 is 0 Å². The number of hydrogen-bond acceptors (Lipinski definition) is 5. The normalized spacial score (nSPS) is 10.1. The van der Waals surface area contributed by atoms with Crippen molar-refractivity contribution < 1.29 is 23.8 Å². The number of para-hydroxylation sites is 1. The summed E-state index contributed by atoms with van der Waals surface area (Å²) in [6, 6.07) is 7.27. The van der Waals surface area contributed by atoms with Gasteiger partial charge in [0.25, 0.3) is 0 Å². The Labute approximate surface area is 149 Å². The summed E-state index contributed by atoms with van der Waals surface area (Å²) in [6.07, 6.45) is 1.95. The highest BCUT2D eigenvalue weighted by molar-refractivity contribution is 6.00. The van der Waals surface area contributed by atoms with Crippen molar-refractivity contribution in [3.63, 3.8) is 0 Å². The van der Waals surface area contributed by atoms with Crippen LogP contribution in [-0.4, -0.2) is 33.3 Å². The van der Waals surface area contributed by atoms with Crippen LogP contribution in [0.3, 0.4) is 0 Å². The van der Waals surface area contributed by atoms with Crippen LogP contribution in [0.4, 0.5) is 0 Å². The molecule has 0 saturated carbocycles. The summed E-state index contributed by atoms with van der Waals surface area (Å²) in [7, 11) is 4.05. The summed E-state index contributed by atoms with van der Waals surface area (Å²) >= 11 is 0. The van der Waals surface area contributed by atoms with Crippen molar-refractivity contribution in [3.8, 4) is 17.6 Å². The predicted octanol–water partition coefficient (Wildman–Crippen LogP) is 3.13. The summed E-state index contributed by atoms with van der Waals surface area (Å²) in [6.45, 7) is 3.78. The molecule has 134 valence electrons. The number of allylic oxidation sites excluding steroid dienone is 2. The lowest BCUT2D eigenvalue weighted by atomic mass is 9.80. The fourth-order valence-corrected chi connectivity index (χ4v) is 2.27. The Morgan fingerprint density at radius 2 is 1.68 bits per heavy atom. The van der Waals surface area contributed by atoms with Gasteiger partial charge in [-0.1, -0.05) is 35.6 Å². The molecule has 0 saturated heterocycles. The van der Waals surface area contributed by atoms with E-state index < -0.39 is 17.4 Å². The third-order valence-corrected chi connectivity index (χ3v) is 3.73. The summed E-state index contributed by atoms with van der Waals surface area (Å²) in [5.74, 6) is 5.17. The van der Waals surface area contributed by atoms with Gasteiger partial charge >= 0.3 is 11.9 Å². The maximum atomic E-state index is 12.4. The number of carbonyl (C=O) groups excluding carboxylic acids is 2. The molecule has 5 nitrogen and oxygen atoms in total. The molecule has 0 aliphatic rings. The Morgan fingerprint density at radius 3 is 2.20 bits per heavy atom. The molecule has 1 rings (SSSR count). The second-order valence-electron chi connectivity index (χ2n) is 5.73. The predicted molar refractivity (Wildman–Crippen MR) is 95.0 cm³/mol. The van der Waals surface area contributed by atoms with Crippen molar-refractivity contribution in [2.24, 2.45) is 5.41 Å². The second kappa shape index (κ2) is 9.53. The molecule has 0 N–H and O–H groups in total. The van der Waals surface area contributed by atoms with Gasteiger partial charge in [0, 0.05) is 6.42 Å². The highest BCUT2D eigenvalue weighted by Gasteiger charge is 2.47. The largest absolute Gasteiger partial charge is 0.495 e. The first-order valence-electron chi connectivity index (χ1n) is 7.83. The molecule has 0 aliphatic carbocycles. The quantitative estimate of drug-likeness (QED) is 0.343. The molecule has 0 bridgehead atoms. The number of rotatable bonds is 6. The Bertz CT molecular complexity index is 686. The average molecular weight is 344 g/mol. The highest BCUT2D eigenvalue weighted by Crippen LogP contribution is 2.31. The summed E-state index contributed by atoms with van der Waals surface area (Å²) < 4.78 is 15.0. The first-order valence-corrected chi connectivity index (χ1v) is 7.83. The SMILES string of the molecule is COC(=O)C(CC#Cc1ccccc1OC)(CC=C(C)C)C(=O)OC. The van der Waals surface area contributed by atoms with Gasteiger partial charge in [-0.25, -0.2) is 0 Å². The molecule has 0 aromatic heterocycles. The van der Waals surface area contributed by atoms with E-state index in [1.165, 1.54) is 14.2 Å². The van der Waals surface area contributed by atoms with Crippen LogP contribution in [0.15, 0.2) is 35.9 Å². The Balaban J connectivity index is 3.25. The third kappa shape index (κ3) is 5.12. The van der Waals surface area contributed by atoms with Crippen molar-refractivity contribution >= 4 is 11.9 Å². The molecule has 1 aromatic carbocycles. The lowest BCUT2D eigenvalue weighted by Crippen LogP contribution is -2.40. The number of ether oxygens (including phenoxy) is 3. The molecule has 0 amide bonds. The Kier molecular flexibility index (Phi) is 7.74. The van der Waals surface area contributed by atoms with Crippen molar-refractivity contribution in [1.29, 1.82) is 0 Å². The minimum Gasteiger partial charge on any atom is -0.495 e. The zero-order chi connectivity index (χ0) is 18.9. The molecule has 5 heteroatoms. The lowest BCUT2D eigenvalue weighted by Gasteiger charge is -2.25. The van der Waals surface area contributed by atoms with Crippen LogP contribution in [-0.2, 0) is 19.1 Å². The maximum Gasteiger partial charge on any atom is 0.324 e. The molecule has 0 radical (unpaired) electrons. The number of benzene rings is 1. The van der Waals surface area contributed by atoms with Gasteiger partial charge in [-0.2, -0.15) is 0 Å². The molecule has 0 spiro atoms. The van der Waals surface area contributed by atoms with E-state index in [0.717, 1.165) is 5.57 Å². The van der Waals surface area contributed by atoms with Crippen molar-refractivity contribution in [1.82, 2.24) is 0 Å². The smallest absolute Gasteiger partial charge is 0.324 e. The molecule has 0 heterocycles. The molecule has 0 aliphatic heterocycles. The van der Waals surface area contributed by atoms with Crippen molar-refractivity contribution in [2.45, 2.75) is 26.7 Å². The fraction of sp³-hybridized carbons (Fsp3) is 0.400. The van der Waals surface area contributed by atoms with Crippen molar-refractivity contribution in [2.75, 3.05) is 21.3 Å². The van der Waals surface area contributed by atoms with E-state index in [0.29, 0.717) is 11.3 Å². The van der Waals surface area contributed by atoms with E-state index >= 15 is 0 Å². The van der Waals surface area contributed by atoms with E-state index in [1.807, 2.05) is 26.0 Å². The van der Waals surface area contributed by atoms with E-state index in [9.17, 15) is 9.59 Å². The number of esters is 2. The summed E-state index contributed by atoms with van der Waals surface area (Å²) in [4.78, 5) is 24.7. The summed E-state index contributed by atoms with van der Waals surface area (Å²) in [5.41, 5.74) is 0.168. The molecule has 0 fully saturated rings. The molecule has 25 heavy (non-hydrogen) atoms. The van der Waals surface area contributed by atoms with E-state index in [2.05, 4.69) is 11.8 Å². The van der Waals surface area contributed by atoms with Crippen LogP contribution < -0.4 is 4.74 Å². The van der Waals surface area contributed by atoms with Gasteiger partial charge in [-0.15, -0.1) is 0 Å². The number of carbonyl (C=O) groups is 2. The van der Waals surface area contributed by atoms with E-state index in [1.54, 1.807) is 25.3 Å². The van der Waals surface area contributed by atoms with Gasteiger partial charge in [0.1, 0.15) is 5.75 Å². The topological polar surface area (TPSA) is 61.8 Å². The molecule has 0 unspecified atom stereocenters. The zero-order valence-corrected chi connectivity index (χ0v) is 15.3. The van der Waals surface area contributed by atoms with E-state index in [4.69, 9.17) is 14.2 Å². The second-order valence-corrected chi connectivity index (χ2v) is 5.73. The van der Waals surface area contributed by atoms with Crippen molar-refractivity contribution in [3.05, 3.63) is 41.5 Å². The van der Waals surface area contributed by atoms with Gasteiger partial charge in [0.05, 0.1) is 26.9 Å². The van der Waals surface area contributed by atoms with Gasteiger partial charge in [-0.3, -0.25) is 9.59 Å². The maximum absolute atomic E-state index is 12.4. The van der Waals surface area contributed by atoms with E-state index in [-0.39, 0.29) is 12.8 Å². The molecular formula is C20H24O5. The van der Waals surface area contributed by atoms with Gasteiger partial charge in [0.2, 0.25) is 0 Å². The highest BCUT2D eigenvalue weighted by atomic mass is 16.5. The molecule has 0 atom stereocenters. The Hall–Kier alpha value is -2.74. The lowest BCUT2D eigenvalue weighted by molar-refractivity contribution is -0.168. The summed E-state index contributed by atoms with van der Waals surface area (Å²) in [5, 5.41) is 0. The first kappa shape index (κ1) is 20.3. The number of methoxy groups -OCH3 is 3. The third-order valence-electron chi connectivity index (χ3n) is 3.73. The van der Waals surface area contributed by atoms with Crippen LogP contribution in [0.2, 0.25) is 0 Å². The fourth-order valence-electron chi connectivity index (χ4n) is 2.27. The van der Waals surface area contributed by atoms with Gasteiger partial charge in [-0.05, 0) is 32.4 Å². The average Bonchev–Trinajstić information content (AvgIpc) is 2.63. The van der Waals surface area contributed by atoms with Gasteiger partial charge < -0.3 is 14.2 Å².